The lowest BCUT2D eigenvalue weighted by atomic mass is 10.1. The summed E-state index contributed by atoms with van der Waals surface area (Å²) in [6, 6.07) is 8.91. The fraction of sp³-hybridized carbons (Fsp3) is 0.167. The van der Waals surface area contributed by atoms with Gasteiger partial charge in [-0.3, -0.25) is 4.79 Å². The van der Waals surface area contributed by atoms with Gasteiger partial charge in [-0.2, -0.15) is 0 Å². The number of hydrogen-bond donors (Lipinski definition) is 3. The number of hydrogen-bond acceptors (Lipinski definition) is 5. The minimum Gasteiger partial charge on any atom is -0.383 e. The molecule has 94 valence electrons. The Kier molecular flexibility index (Phi) is 3.69. The van der Waals surface area contributed by atoms with Crippen LogP contribution in [-0.2, 0) is 0 Å². The van der Waals surface area contributed by atoms with Crippen molar-refractivity contribution in [2.24, 2.45) is 5.73 Å². The number of nitrogens with zero attached hydrogens (tertiary/aromatic N) is 1. The normalized spacial score (nSPS) is 12.3. The molecule has 0 aliphatic heterocycles. The van der Waals surface area contributed by atoms with Crippen molar-refractivity contribution in [3.63, 3.8) is 0 Å². The smallest absolute Gasteiger partial charge is 0.253 e. The van der Waals surface area contributed by atoms with Gasteiger partial charge in [0.25, 0.3) is 5.56 Å². The molecule has 2 aromatic rings. The van der Waals surface area contributed by atoms with Crippen molar-refractivity contribution in [3.05, 3.63) is 46.2 Å². The first-order valence-corrected chi connectivity index (χ1v) is 6.27. The molecule has 5 N–H and O–H groups in total. The minimum atomic E-state index is -0.261. The molecular formula is C12H14N4OS. The van der Waals surface area contributed by atoms with E-state index in [2.05, 4.69) is 9.97 Å². The molecule has 18 heavy (non-hydrogen) atoms. The number of aromatic nitrogens is 2. The van der Waals surface area contributed by atoms with Crippen LogP contribution in [0.5, 0.6) is 0 Å². The number of rotatable bonds is 3. The van der Waals surface area contributed by atoms with Crippen LogP contribution >= 0.6 is 11.8 Å². The summed E-state index contributed by atoms with van der Waals surface area (Å²) in [5, 5.41) is 0.466. The molecular weight excluding hydrogens is 248 g/mol. The molecule has 0 radical (unpaired) electrons. The van der Waals surface area contributed by atoms with E-state index in [1.54, 1.807) is 0 Å². The summed E-state index contributed by atoms with van der Waals surface area (Å²) in [6.07, 6.45) is 0. The zero-order valence-electron chi connectivity index (χ0n) is 9.88. The molecule has 1 atom stereocenters. The van der Waals surface area contributed by atoms with Gasteiger partial charge in [0.05, 0.1) is 0 Å². The molecule has 0 amide bonds. The summed E-state index contributed by atoms with van der Waals surface area (Å²) in [6.45, 7) is 1.91. The number of nitrogens with two attached hydrogens (primary N) is 2. The van der Waals surface area contributed by atoms with E-state index in [0.717, 1.165) is 10.5 Å². The zero-order valence-corrected chi connectivity index (χ0v) is 10.7. The fourth-order valence-corrected chi connectivity index (χ4v) is 2.58. The van der Waals surface area contributed by atoms with Crippen molar-refractivity contribution < 1.29 is 0 Å². The Hall–Kier alpha value is -1.79. The van der Waals surface area contributed by atoms with E-state index < -0.39 is 0 Å². The molecule has 0 bridgehead atoms. The Labute approximate surface area is 109 Å². The number of benzene rings is 1. The number of anilines is 1. The largest absolute Gasteiger partial charge is 0.383 e. The highest BCUT2D eigenvalue weighted by molar-refractivity contribution is 7.99. The van der Waals surface area contributed by atoms with Gasteiger partial charge in [-0.1, -0.05) is 30.0 Å². The minimum absolute atomic E-state index is 0.0820. The first-order valence-electron chi connectivity index (χ1n) is 5.45. The molecule has 0 saturated heterocycles. The predicted octanol–water partition coefficient (Wildman–Crippen LogP) is 1.52. The molecule has 1 heterocycles. The Morgan fingerprint density at radius 3 is 2.78 bits per heavy atom. The number of nitrogen functional groups attached to an aromatic ring is 1. The second kappa shape index (κ2) is 5.24. The van der Waals surface area contributed by atoms with Gasteiger partial charge in [0.15, 0.2) is 5.16 Å². The van der Waals surface area contributed by atoms with Crippen LogP contribution in [0.4, 0.5) is 5.82 Å². The van der Waals surface area contributed by atoms with E-state index in [-0.39, 0.29) is 17.4 Å². The number of aromatic amines is 1. The molecule has 0 unspecified atom stereocenters. The summed E-state index contributed by atoms with van der Waals surface area (Å²) in [4.78, 5) is 19.0. The van der Waals surface area contributed by atoms with E-state index in [1.807, 2.05) is 31.2 Å². The predicted molar refractivity (Wildman–Crippen MR) is 72.4 cm³/mol. The summed E-state index contributed by atoms with van der Waals surface area (Å²) in [5.41, 5.74) is 12.2. The molecule has 2 rings (SSSR count). The molecule has 0 spiro atoms. The van der Waals surface area contributed by atoms with Crippen molar-refractivity contribution in [2.75, 3.05) is 5.73 Å². The van der Waals surface area contributed by atoms with Crippen LogP contribution in [0.2, 0.25) is 0 Å². The van der Waals surface area contributed by atoms with E-state index in [4.69, 9.17) is 11.5 Å². The Balaban J connectivity index is 2.37. The average Bonchev–Trinajstić information content (AvgIpc) is 2.27. The molecule has 0 saturated carbocycles. The lowest BCUT2D eigenvalue weighted by molar-refractivity contribution is 0.796. The van der Waals surface area contributed by atoms with Crippen LogP contribution in [0.25, 0.3) is 0 Å². The first-order chi connectivity index (χ1) is 8.56. The van der Waals surface area contributed by atoms with Crippen molar-refractivity contribution >= 4 is 17.6 Å². The van der Waals surface area contributed by atoms with Crippen LogP contribution < -0.4 is 17.0 Å². The van der Waals surface area contributed by atoms with Crippen LogP contribution in [0.1, 0.15) is 18.5 Å². The Bertz CT molecular complexity index is 609. The molecule has 0 aliphatic rings. The van der Waals surface area contributed by atoms with E-state index in [0.29, 0.717) is 5.16 Å². The van der Waals surface area contributed by atoms with Crippen molar-refractivity contribution in [1.82, 2.24) is 9.97 Å². The monoisotopic (exact) mass is 262 g/mol. The van der Waals surface area contributed by atoms with Gasteiger partial charge in [-0.25, -0.2) is 4.98 Å². The van der Waals surface area contributed by atoms with Crippen LogP contribution in [-0.4, -0.2) is 9.97 Å². The number of H-pyrrole nitrogens is 1. The molecule has 6 heteroatoms. The Morgan fingerprint density at radius 1 is 1.39 bits per heavy atom. The third-order valence-corrected chi connectivity index (χ3v) is 3.33. The van der Waals surface area contributed by atoms with E-state index in [9.17, 15) is 4.79 Å². The maximum atomic E-state index is 11.3. The maximum absolute atomic E-state index is 11.3. The second-order valence-electron chi connectivity index (χ2n) is 3.90. The third kappa shape index (κ3) is 2.91. The molecule has 0 aliphatic carbocycles. The van der Waals surface area contributed by atoms with Crippen molar-refractivity contribution in [3.8, 4) is 0 Å². The van der Waals surface area contributed by atoms with Gasteiger partial charge >= 0.3 is 0 Å². The van der Waals surface area contributed by atoms with Gasteiger partial charge in [0.2, 0.25) is 0 Å². The van der Waals surface area contributed by atoms with Gasteiger partial charge in [-0.15, -0.1) is 0 Å². The van der Waals surface area contributed by atoms with Crippen LogP contribution in [0.15, 0.2) is 45.2 Å². The SMILES string of the molecule is C[C@@H](N)c1ccccc1Sc1nc(N)cc(=O)[nH]1. The summed E-state index contributed by atoms with van der Waals surface area (Å²) < 4.78 is 0. The van der Waals surface area contributed by atoms with Crippen LogP contribution in [0, 0.1) is 0 Å². The Morgan fingerprint density at radius 2 is 2.11 bits per heavy atom. The fourth-order valence-electron chi connectivity index (χ4n) is 1.56. The van der Waals surface area contributed by atoms with E-state index in [1.165, 1.54) is 17.8 Å². The first kappa shape index (κ1) is 12.7. The highest BCUT2D eigenvalue weighted by Crippen LogP contribution is 2.30. The second-order valence-corrected chi connectivity index (χ2v) is 4.93. The summed E-state index contributed by atoms with van der Waals surface area (Å²) in [5.74, 6) is 0.208. The standard InChI is InChI=1S/C12H14N4OS/c1-7(13)8-4-2-3-5-9(8)18-12-15-10(14)6-11(17)16-12/h2-7H,13H2,1H3,(H3,14,15,16,17)/t7-/m1/s1. The van der Waals surface area contributed by atoms with Crippen molar-refractivity contribution in [2.45, 2.75) is 23.0 Å². The van der Waals surface area contributed by atoms with Gasteiger partial charge in [0, 0.05) is 17.0 Å². The zero-order chi connectivity index (χ0) is 13.1. The van der Waals surface area contributed by atoms with Gasteiger partial charge < -0.3 is 16.5 Å². The van der Waals surface area contributed by atoms with E-state index >= 15 is 0 Å². The van der Waals surface area contributed by atoms with Crippen LogP contribution in [0.3, 0.4) is 0 Å². The maximum Gasteiger partial charge on any atom is 0.253 e. The summed E-state index contributed by atoms with van der Waals surface area (Å²) >= 11 is 1.34. The quantitative estimate of drug-likeness (QED) is 0.729. The van der Waals surface area contributed by atoms with Crippen molar-refractivity contribution in [1.29, 1.82) is 0 Å². The molecule has 1 aromatic heterocycles. The lowest BCUT2D eigenvalue weighted by Crippen LogP contribution is -2.10. The highest BCUT2D eigenvalue weighted by atomic mass is 32.2. The number of nitrogens with one attached hydrogen (secondary N) is 1. The van der Waals surface area contributed by atoms with Gasteiger partial charge in [-0.05, 0) is 18.6 Å². The lowest BCUT2D eigenvalue weighted by Gasteiger charge is -2.11. The average molecular weight is 262 g/mol. The molecule has 1 aromatic carbocycles. The van der Waals surface area contributed by atoms with Gasteiger partial charge in [0.1, 0.15) is 5.82 Å². The molecule has 0 fully saturated rings. The molecule has 5 nitrogen and oxygen atoms in total. The summed E-state index contributed by atoms with van der Waals surface area (Å²) in [7, 11) is 0. The topological polar surface area (TPSA) is 97.8 Å². The third-order valence-electron chi connectivity index (χ3n) is 2.36. The highest BCUT2D eigenvalue weighted by Gasteiger charge is 2.09.